The molecule has 1 heterocycles. The van der Waals surface area contributed by atoms with Crippen LogP contribution < -0.4 is 10.8 Å². The van der Waals surface area contributed by atoms with E-state index >= 15 is 0 Å². The van der Waals surface area contributed by atoms with Gasteiger partial charge in [0.1, 0.15) is 0 Å². The van der Waals surface area contributed by atoms with Gasteiger partial charge < -0.3 is 5.32 Å². The number of hydroxylamine groups is 1. The van der Waals surface area contributed by atoms with Crippen molar-refractivity contribution in [2.45, 2.75) is 24.7 Å². The summed E-state index contributed by atoms with van der Waals surface area (Å²) in [5.74, 6) is -0.475. The van der Waals surface area contributed by atoms with E-state index < -0.39 is 0 Å². The molecule has 124 valence electrons. The van der Waals surface area contributed by atoms with Crippen molar-refractivity contribution in [1.82, 2.24) is 5.48 Å². The zero-order valence-corrected chi connectivity index (χ0v) is 13.9. The molecule has 4 nitrogen and oxygen atoms in total. The van der Waals surface area contributed by atoms with E-state index in [9.17, 15) is 4.79 Å². The van der Waals surface area contributed by atoms with Crippen LogP contribution in [0.3, 0.4) is 0 Å². The molecule has 2 aromatic carbocycles. The molecule has 0 saturated heterocycles. The van der Waals surface area contributed by atoms with Gasteiger partial charge in [-0.25, -0.2) is 5.48 Å². The fourth-order valence-corrected chi connectivity index (χ4v) is 4.30. The lowest BCUT2D eigenvalue weighted by atomic mass is 9.97. The van der Waals surface area contributed by atoms with Crippen molar-refractivity contribution in [3.8, 4) is 0 Å². The third-order valence-electron chi connectivity index (χ3n) is 5.12. The normalized spacial score (nSPS) is 24.7. The van der Waals surface area contributed by atoms with Crippen molar-refractivity contribution in [1.29, 1.82) is 0 Å². The molecule has 0 radical (unpaired) electrons. The van der Waals surface area contributed by atoms with Crippen LogP contribution in [0, 0.1) is 5.92 Å². The van der Waals surface area contributed by atoms with Crippen LogP contribution in [0.25, 0.3) is 0 Å². The number of amides is 1. The van der Waals surface area contributed by atoms with Gasteiger partial charge in [0.15, 0.2) is 0 Å². The Balaban J connectivity index is 1.72. The Bertz CT molecular complexity index is 778. The number of halogens is 1. The van der Waals surface area contributed by atoms with Gasteiger partial charge in [0.2, 0.25) is 5.91 Å². The highest BCUT2D eigenvalue weighted by Crippen LogP contribution is 2.61. The fraction of sp³-hybridized carbons (Fsp3) is 0.316. The van der Waals surface area contributed by atoms with Crippen molar-refractivity contribution < 1.29 is 10.0 Å². The number of fused-ring (bicyclic) bond motifs is 1. The van der Waals surface area contributed by atoms with E-state index in [2.05, 4.69) is 11.4 Å². The maximum absolute atomic E-state index is 12.1. The topological polar surface area (TPSA) is 61.4 Å². The van der Waals surface area contributed by atoms with Gasteiger partial charge in [0.25, 0.3) is 0 Å². The molecular weight excluding hydrogens is 324 g/mol. The number of benzene rings is 2. The van der Waals surface area contributed by atoms with E-state index in [1.165, 1.54) is 5.56 Å². The lowest BCUT2D eigenvalue weighted by Gasteiger charge is -2.20. The predicted octanol–water partition coefficient (Wildman–Crippen LogP) is 3.70. The summed E-state index contributed by atoms with van der Waals surface area (Å²) < 4.78 is 0. The number of aryl methyl sites for hydroxylation is 1. The summed E-state index contributed by atoms with van der Waals surface area (Å²) in [6, 6.07) is 14.1. The van der Waals surface area contributed by atoms with Crippen LogP contribution in [0.15, 0.2) is 42.5 Å². The lowest BCUT2D eigenvalue weighted by Crippen LogP contribution is -2.21. The first-order valence-electron chi connectivity index (χ1n) is 8.26. The maximum atomic E-state index is 12.1. The number of hydrogen-bond acceptors (Lipinski definition) is 3. The quantitative estimate of drug-likeness (QED) is 0.588. The van der Waals surface area contributed by atoms with Crippen LogP contribution in [0.2, 0.25) is 5.02 Å². The minimum atomic E-state index is -0.333. The Hall–Kier alpha value is -2.04. The zero-order valence-electron chi connectivity index (χ0n) is 13.1. The molecule has 1 aliphatic heterocycles. The maximum Gasteiger partial charge on any atom is 0.247 e. The first kappa shape index (κ1) is 15.5. The molecule has 1 amide bonds. The van der Waals surface area contributed by atoms with Gasteiger partial charge >= 0.3 is 0 Å². The van der Waals surface area contributed by atoms with Crippen molar-refractivity contribution in [2.75, 3.05) is 11.9 Å². The Morgan fingerprint density at radius 2 is 1.92 bits per heavy atom. The summed E-state index contributed by atoms with van der Waals surface area (Å²) in [4.78, 5) is 12.1. The second-order valence-electron chi connectivity index (χ2n) is 6.53. The molecule has 4 rings (SSSR count). The Kier molecular flexibility index (Phi) is 3.94. The van der Waals surface area contributed by atoms with Crippen molar-refractivity contribution >= 4 is 23.2 Å². The summed E-state index contributed by atoms with van der Waals surface area (Å²) >= 11 is 6.46. The average Bonchev–Trinajstić information content (AvgIpc) is 3.37. The molecular formula is C19H19ClN2O2. The molecule has 3 atom stereocenters. The van der Waals surface area contributed by atoms with Gasteiger partial charge in [-0.2, -0.15) is 0 Å². The van der Waals surface area contributed by atoms with E-state index in [-0.39, 0.29) is 23.7 Å². The molecule has 1 unspecified atom stereocenters. The van der Waals surface area contributed by atoms with Crippen LogP contribution in [0.4, 0.5) is 5.69 Å². The van der Waals surface area contributed by atoms with E-state index in [4.69, 9.17) is 16.8 Å². The van der Waals surface area contributed by atoms with Crippen molar-refractivity contribution in [2.24, 2.45) is 5.92 Å². The number of carbonyl (C=O) groups excluding carboxylic acids is 1. The van der Waals surface area contributed by atoms with E-state index in [1.807, 2.05) is 41.9 Å². The number of carbonyl (C=O) groups is 1. The first-order chi connectivity index (χ1) is 11.7. The summed E-state index contributed by atoms with van der Waals surface area (Å²) in [7, 11) is 0. The molecule has 5 heteroatoms. The molecule has 1 fully saturated rings. The standard InChI is InChI=1S/C19H19ClN2O2/c20-14-10-13(9-12-7-4-8-21-18(12)14)16-15(17(16)19(23)22-24)11-5-2-1-3-6-11/h1-3,5-6,9-10,15-17,21,24H,4,7-8H2,(H,22,23)/t15?,16-,17-/m1/s1. The highest BCUT2D eigenvalue weighted by atomic mass is 35.5. The summed E-state index contributed by atoms with van der Waals surface area (Å²) in [6.45, 7) is 0.942. The van der Waals surface area contributed by atoms with Gasteiger partial charge in [0, 0.05) is 18.4 Å². The van der Waals surface area contributed by atoms with E-state index in [0.29, 0.717) is 5.02 Å². The van der Waals surface area contributed by atoms with Gasteiger partial charge in [-0.3, -0.25) is 10.0 Å². The van der Waals surface area contributed by atoms with Gasteiger partial charge in [-0.05, 0) is 35.6 Å². The van der Waals surface area contributed by atoms with Crippen LogP contribution in [-0.4, -0.2) is 17.7 Å². The number of rotatable bonds is 3. The second-order valence-corrected chi connectivity index (χ2v) is 6.94. The Morgan fingerprint density at radius 3 is 2.67 bits per heavy atom. The van der Waals surface area contributed by atoms with Crippen LogP contribution in [0.1, 0.15) is 34.9 Å². The largest absolute Gasteiger partial charge is 0.384 e. The van der Waals surface area contributed by atoms with Crippen LogP contribution >= 0.6 is 11.6 Å². The monoisotopic (exact) mass is 342 g/mol. The fourth-order valence-electron chi connectivity index (χ4n) is 3.98. The number of nitrogens with one attached hydrogen (secondary N) is 2. The second kappa shape index (κ2) is 6.11. The molecule has 0 aromatic heterocycles. The third-order valence-corrected chi connectivity index (χ3v) is 5.42. The smallest absolute Gasteiger partial charge is 0.247 e. The van der Waals surface area contributed by atoms with Crippen molar-refractivity contribution in [3.63, 3.8) is 0 Å². The number of hydrogen-bond donors (Lipinski definition) is 3. The summed E-state index contributed by atoms with van der Waals surface area (Å²) in [5, 5.41) is 13.2. The van der Waals surface area contributed by atoms with Gasteiger partial charge in [-0.15, -0.1) is 0 Å². The Morgan fingerprint density at radius 1 is 1.17 bits per heavy atom. The molecule has 0 spiro atoms. The number of anilines is 1. The third kappa shape index (κ3) is 2.56. The molecule has 1 saturated carbocycles. The van der Waals surface area contributed by atoms with Gasteiger partial charge in [-0.1, -0.05) is 48.0 Å². The molecule has 24 heavy (non-hydrogen) atoms. The molecule has 2 aliphatic rings. The van der Waals surface area contributed by atoms with Crippen LogP contribution in [0.5, 0.6) is 0 Å². The minimum Gasteiger partial charge on any atom is -0.384 e. The highest BCUT2D eigenvalue weighted by molar-refractivity contribution is 6.33. The lowest BCUT2D eigenvalue weighted by molar-refractivity contribution is -0.130. The highest BCUT2D eigenvalue weighted by Gasteiger charge is 2.56. The zero-order chi connectivity index (χ0) is 16.7. The molecule has 0 bridgehead atoms. The molecule has 2 aromatic rings. The Labute approximate surface area is 145 Å². The van der Waals surface area contributed by atoms with Gasteiger partial charge in [0.05, 0.1) is 16.6 Å². The van der Waals surface area contributed by atoms with Crippen molar-refractivity contribution in [3.05, 3.63) is 64.2 Å². The predicted molar refractivity (Wildman–Crippen MR) is 93.6 cm³/mol. The SMILES string of the molecule is O=C(NO)[C@@H]1C(c2ccccc2)[C@H]1c1cc(Cl)c2c(c1)CCCN2. The van der Waals surface area contributed by atoms with E-state index in [0.717, 1.165) is 36.2 Å². The molecule has 3 N–H and O–H groups in total. The van der Waals surface area contributed by atoms with E-state index in [1.54, 1.807) is 0 Å². The summed E-state index contributed by atoms with van der Waals surface area (Å²) in [6.07, 6.45) is 2.08. The molecule has 1 aliphatic carbocycles. The van der Waals surface area contributed by atoms with Crippen LogP contribution in [-0.2, 0) is 11.2 Å². The average molecular weight is 343 g/mol. The first-order valence-corrected chi connectivity index (χ1v) is 8.63. The minimum absolute atomic E-state index is 0.0456. The summed E-state index contributed by atoms with van der Waals surface area (Å²) in [5.41, 5.74) is 6.24.